The number of pyridine rings is 1. The molecule has 0 atom stereocenters. The number of para-hydroxylation sites is 1. The Hall–Kier alpha value is -4.06. The van der Waals surface area contributed by atoms with E-state index in [0.717, 1.165) is 11.1 Å². The molecule has 4 rings (SSSR count). The predicted molar refractivity (Wildman–Crippen MR) is 129 cm³/mol. The largest absolute Gasteiger partial charge is 0.496 e. The van der Waals surface area contributed by atoms with Gasteiger partial charge in [-0.2, -0.15) is 0 Å². The van der Waals surface area contributed by atoms with Crippen molar-refractivity contribution in [3.05, 3.63) is 99.8 Å². The summed E-state index contributed by atoms with van der Waals surface area (Å²) in [5, 5.41) is 4.03. The number of aromatic nitrogens is 1. The van der Waals surface area contributed by atoms with Gasteiger partial charge in [0, 0.05) is 19.3 Å². The minimum Gasteiger partial charge on any atom is -0.496 e. The average Bonchev–Trinajstić information content (AvgIpc) is 2.83. The van der Waals surface area contributed by atoms with Gasteiger partial charge in [0.05, 0.1) is 23.7 Å². The van der Waals surface area contributed by atoms with Crippen LogP contribution in [0.15, 0.2) is 77.6 Å². The molecule has 0 unspecified atom stereocenters. The number of aryl methyl sites for hydroxylation is 1. The number of carbonyl (C=O) groups is 1. The first kappa shape index (κ1) is 21.2. The first-order valence-electron chi connectivity index (χ1n) is 10.4. The van der Waals surface area contributed by atoms with Crippen molar-refractivity contribution < 1.29 is 9.53 Å². The highest BCUT2D eigenvalue weighted by Crippen LogP contribution is 2.36. The van der Waals surface area contributed by atoms with E-state index < -0.39 is 11.5 Å². The summed E-state index contributed by atoms with van der Waals surface area (Å²) in [5.74, 6) is 0.212. The fourth-order valence-corrected chi connectivity index (χ4v) is 3.83. The lowest BCUT2D eigenvalue weighted by Crippen LogP contribution is -2.33. The number of anilines is 2. The molecule has 0 aliphatic carbocycles. The molecule has 162 valence electrons. The fourth-order valence-electron chi connectivity index (χ4n) is 3.83. The second kappa shape index (κ2) is 8.98. The number of amides is 1. The Morgan fingerprint density at radius 1 is 1.00 bits per heavy atom. The van der Waals surface area contributed by atoms with Crippen LogP contribution >= 0.6 is 0 Å². The zero-order chi connectivity index (χ0) is 22.7. The second-order valence-electron chi connectivity index (χ2n) is 7.58. The van der Waals surface area contributed by atoms with Crippen LogP contribution in [0.5, 0.6) is 5.75 Å². The lowest BCUT2D eigenvalue weighted by atomic mass is 10.0. The van der Waals surface area contributed by atoms with Crippen LogP contribution in [0.2, 0.25) is 0 Å². The van der Waals surface area contributed by atoms with Crippen molar-refractivity contribution >= 4 is 28.2 Å². The van der Waals surface area contributed by atoms with Crippen LogP contribution in [0.1, 0.15) is 21.5 Å². The van der Waals surface area contributed by atoms with Crippen molar-refractivity contribution in [2.45, 2.75) is 13.5 Å². The molecule has 32 heavy (non-hydrogen) atoms. The summed E-state index contributed by atoms with van der Waals surface area (Å²) in [5.41, 5.74) is 3.29. The summed E-state index contributed by atoms with van der Waals surface area (Å²) in [7, 11) is 3.25. The van der Waals surface area contributed by atoms with Crippen LogP contribution in [0.4, 0.5) is 11.4 Å². The van der Waals surface area contributed by atoms with E-state index in [1.54, 1.807) is 14.2 Å². The highest BCUT2D eigenvalue weighted by molar-refractivity contribution is 6.14. The molecule has 2 N–H and O–H groups in total. The van der Waals surface area contributed by atoms with Gasteiger partial charge in [-0.15, -0.1) is 0 Å². The van der Waals surface area contributed by atoms with Crippen LogP contribution in [0, 0.1) is 6.92 Å². The molecule has 4 aromatic rings. The van der Waals surface area contributed by atoms with Gasteiger partial charge >= 0.3 is 0 Å². The van der Waals surface area contributed by atoms with Crippen LogP contribution in [-0.4, -0.2) is 25.0 Å². The van der Waals surface area contributed by atoms with Crippen molar-refractivity contribution in [1.82, 2.24) is 4.98 Å². The molecule has 0 radical (unpaired) electrons. The SMILES string of the molecule is COc1c(C)ccc2[nH]c(=O)c(C(=O)N(C)c3ccccc3)c(NCc3ccccc3)c12. The standard InChI is InChI=1S/C26H25N3O3/c1-17-14-15-20-21(24(17)32-3)23(27-16-18-10-6-4-7-11-18)22(25(30)28-20)26(31)29(2)19-12-8-5-9-13-19/h4-15H,16H2,1-3H3,(H2,27,28,30). The summed E-state index contributed by atoms with van der Waals surface area (Å²) in [6.07, 6.45) is 0. The number of benzene rings is 3. The molecule has 1 heterocycles. The van der Waals surface area contributed by atoms with E-state index in [1.807, 2.05) is 79.7 Å². The predicted octanol–water partition coefficient (Wildman–Crippen LogP) is 4.73. The number of nitrogens with zero attached hydrogens (tertiary/aromatic N) is 1. The maximum absolute atomic E-state index is 13.6. The van der Waals surface area contributed by atoms with E-state index in [0.29, 0.717) is 34.6 Å². The highest BCUT2D eigenvalue weighted by atomic mass is 16.5. The zero-order valence-corrected chi connectivity index (χ0v) is 18.3. The van der Waals surface area contributed by atoms with Crippen molar-refractivity contribution in [3.63, 3.8) is 0 Å². The maximum atomic E-state index is 13.6. The van der Waals surface area contributed by atoms with Crippen molar-refractivity contribution in [1.29, 1.82) is 0 Å². The van der Waals surface area contributed by atoms with Gasteiger partial charge in [-0.3, -0.25) is 9.59 Å². The quantitative estimate of drug-likeness (QED) is 0.466. The Balaban J connectivity index is 1.91. The molecule has 6 heteroatoms. The first-order chi connectivity index (χ1) is 15.5. The molecule has 0 saturated carbocycles. The van der Waals surface area contributed by atoms with Gasteiger partial charge in [0.25, 0.3) is 11.5 Å². The van der Waals surface area contributed by atoms with Gasteiger partial charge in [-0.05, 0) is 36.2 Å². The molecule has 0 bridgehead atoms. The Kier molecular flexibility index (Phi) is 5.94. The van der Waals surface area contributed by atoms with Gasteiger partial charge in [-0.1, -0.05) is 54.6 Å². The van der Waals surface area contributed by atoms with E-state index in [-0.39, 0.29) is 5.56 Å². The van der Waals surface area contributed by atoms with Gasteiger partial charge in [0.15, 0.2) is 0 Å². The molecule has 0 aliphatic heterocycles. The van der Waals surface area contributed by atoms with Gasteiger partial charge in [0.2, 0.25) is 0 Å². The van der Waals surface area contributed by atoms with Gasteiger partial charge < -0.3 is 19.9 Å². The molecule has 1 amide bonds. The summed E-state index contributed by atoms with van der Waals surface area (Å²) in [6, 6.07) is 22.8. The third-order valence-corrected chi connectivity index (χ3v) is 5.51. The smallest absolute Gasteiger partial charge is 0.265 e. The lowest BCUT2D eigenvalue weighted by molar-refractivity contribution is 0.0992. The minimum absolute atomic E-state index is 0.0451. The molecule has 0 spiro atoms. The van der Waals surface area contributed by atoms with Crippen LogP contribution in [0.3, 0.4) is 0 Å². The second-order valence-corrected chi connectivity index (χ2v) is 7.58. The Bertz CT molecular complexity index is 1320. The summed E-state index contributed by atoms with van der Waals surface area (Å²) in [4.78, 5) is 31.0. The van der Waals surface area contributed by atoms with E-state index in [1.165, 1.54) is 4.90 Å². The third-order valence-electron chi connectivity index (χ3n) is 5.51. The monoisotopic (exact) mass is 427 g/mol. The minimum atomic E-state index is -0.452. The number of carbonyl (C=O) groups excluding carboxylic acids is 1. The molecule has 1 aromatic heterocycles. The summed E-state index contributed by atoms with van der Waals surface area (Å²) in [6.45, 7) is 2.38. The van der Waals surface area contributed by atoms with E-state index in [4.69, 9.17) is 4.74 Å². The number of hydrogen-bond donors (Lipinski definition) is 2. The number of ether oxygens (including phenoxy) is 1. The number of hydrogen-bond acceptors (Lipinski definition) is 4. The first-order valence-corrected chi connectivity index (χ1v) is 10.4. The fraction of sp³-hybridized carbons (Fsp3) is 0.154. The highest BCUT2D eigenvalue weighted by Gasteiger charge is 2.25. The Labute approximate surface area is 186 Å². The molecule has 0 fully saturated rings. The van der Waals surface area contributed by atoms with Crippen molar-refractivity contribution in [3.8, 4) is 5.75 Å². The van der Waals surface area contributed by atoms with Crippen molar-refractivity contribution in [2.24, 2.45) is 0 Å². The van der Waals surface area contributed by atoms with E-state index in [9.17, 15) is 9.59 Å². The third kappa shape index (κ3) is 3.95. The van der Waals surface area contributed by atoms with Crippen molar-refractivity contribution in [2.75, 3.05) is 24.4 Å². The molecule has 3 aromatic carbocycles. The summed E-state index contributed by atoms with van der Waals surface area (Å²) < 4.78 is 5.68. The molecular weight excluding hydrogens is 402 g/mol. The van der Waals surface area contributed by atoms with Gasteiger partial charge in [-0.25, -0.2) is 0 Å². The number of nitrogens with one attached hydrogen (secondary N) is 2. The van der Waals surface area contributed by atoms with E-state index >= 15 is 0 Å². The lowest BCUT2D eigenvalue weighted by Gasteiger charge is -2.21. The topological polar surface area (TPSA) is 74.4 Å². The van der Waals surface area contributed by atoms with Gasteiger partial charge in [0.1, 0.15) is 11.3 Å². The molecular formula is C26H25N3O3. The average molecular weight is 428 g/mol. The number of aromatic amines is 1. The Morgan fingerprint density at radius 2 is 1.66 bits per heavy atom. The number of fused-ring (bicyclic) bond motifs is 1. The molecule has 0 saturated heterocycles. The molecule has 6 nitrogen and oxygen atoms in total. The maximum Gasteiger partial charge on any atom is 0.265 e. The van der Waals surface area contributed by atoms with Crippen LogP contribution in [0.25, 0.3) is 10.9 Å². The van der Waals surface area contributed by atoms with Crippen LogP contribution < -0.4 is 20.5 Å². The van der Waals surface area contributed by atoms with E-state index in [2.05, 4.69) is 10.3 Å². The van der Waals surface area contributed by atoms with Crippen LogP contribution in [-0.2, 0) is 6.54 Å². The number of methoxy groups -OCH3 is 1. The number of H-pyrrole nitrogens is 1. The zero-order valence-electron chi connectivity index (χ0n) is 18.3. The Morgan fingerprint density at radius 3 is 2.31 bits per heavy atom. The molecule has 0 aliphatic rings. The normalized spacial score (nSPS) is 10.7. The number of rotatable bonds is 6. The summed E-state index contributed by atoms with van der Waals surface area (Å²) >= 11 is 0.